The number of nitrogen functional groups attached to an aromatic ring is 2. The maximum atomic E-state index is 12.5. The van der Waals surface area contributed by atoms with Gasteiger partial charge in [0.15, 0.2) is 5.78 Å². The van der Waals surface area contributed by atoms with E-state index >= 15 is 0 Å². The summed E-state index contributed by atoms with van der Waals surface area (Å²) in [4.78, 5) is 12.5. The Hall–Kier alpha value is -3.53. The fourth-order valence-corrected chi connectivity index (χ4v) is 3.70. The van der Waals surface area contributed by atoms with Crippen molar-refractivity contribution in [3.05, 3.63) is 89.5 Å². The Morgan fingerprint density at radius 3 is 2.09 bits per heavy atom. The highest BCUT2D eigenvalue weighted by molar-refractivity contribution is 6.06. The summed E-state index contributed by atoms with van der Waals surface area (Å²) in [6, 6.07) is 20.6. The van der Waals surface area contributed by atoms with E-state index in [2.05, 4.69) is 19.1 Å². The number of benzene rings is 3. The molecule has 3 rings (SSSR count). The highest BCUT2D eigenvalue weighted by Crippen LogP contribution is 2.26. The maximum absolute atomic E-state index is 12.5. The topological polar surface area (TPSA) is 78.3 Å². The number of hydrogen-bond acceptors (Lipinski definition) is 4. The molecule has 4 heteroatoms. The normalized spacial score (nSPS) is 11.1. The first kappa shape index (κ1) is 24.1. The van der Waals surface area contributed by atoms with E-state index in [-0.39, 0.29) is 5.78 Å². The number of carbonyl (C=O) groups is 1. The van der Waals surface area contributed by atoms with E-state index in [9.17, 15) is 4.79 Å². The molecule has 0 atom stereocenters. The number of aryl methyl sites for hydroxylation is 1. The molecule has 0 unspecified atom stereocenters. The van der Waals surface area contributed by atoms with Crippen molar-refractivity contribution in [1.29, 1.82) is 0 Å². The molecule has 0 saturated heterocycles. The van der Waals surface area contributed by atoms with Gasteiger partial charge in [0.05, 0.1) is 0 Å². The van der Waals surface area contributed by atoms with Crippen LogP contribution in [0, 0.1) is 0 Å². The van der Waals surface area contributed by atoms with Crippen LogP contribution < -0.4 is 16.2 Å². The molecule has 0 bridgehead atoms. The van der Waals surface area contributed by atoms with Crippen molar-refractivity contribution < 1.29 is 9.53 Å². The molecule has 0 aromatic heterocycles. The van der Waals surface area contributed by atoms with Crippen molar-refractivity contribution in [2.75, 3.05) is 11.5 Å². The second-order valence-corrected chi connectivity index (χ2v) is 8.42. The first-order valence-corrected chi connectivity index (χ1v) is 11.8. The van der Waals surface area contributed by atoms with Crippen LogP contribution in [0.5, 0.6) is 11.5 Å². The van der Waals surface area contributed by atoms with Crippen LogP contribution in [0.3, 0.4) is 0 Å². The largest absolute Gasteiger partial charge is 0.457 e. The molecule has 0 fully saturated rings. The summed E-state index contributed by atoms with van der Waals surface area (Å²) in [5.74, 6) is 1.26. The van der Waals surface area contributed by atoms with Gasteiger partial charge in [0, 0.05) is 29.1 Å². The molecule has 33 heavy (non-hydrogen) atoms. The first-order chi connectivity index (χ1) is 16.0. The molecule has 3 aromatic rings. The lowest BCUT2D eigenvalue weighted by molar-refractivity contribution is 0.104. The number of carbonyl (C=O) groups excluding carboxylic acids is 1. The lowest BCUT2D eigenvalue weighted by Gasteiger charge is -2.08. The second-order valence-electron chi connectivity index (χ2n) is 8.42. The van der Waals surface area contributed by atoms with Crippen molar-refractivity contribution in [3.8, 4) is 11.5 Å². The summed E-state index contributed by atoms with van der Waals surface area (Å²) in [5, 5.41) is 0. The van der Waals surface area contributed by atoms with Crippen LogP contribution in [0.4, 0.5) is 11.4 Å². The predicted octanol–water partition coefficient (Wildman–Crippen LogP) is 7.44. The zero-order valence-corrected chi connectivity index (χ0v) is 19.4. The van der Waals surface area contributed by atoms with Crippen LogP contribution in [0.25, 0.3) is 6.08 Å². The van der Waals surface area contributed by atoms with E-state index in [1.54, 1.807) is 24.3 Å². The highest BCUT2D eigenvalue weighted by atomic mass is 16.5. The molecule has 0 heterocycles. The molecular formula is C29H34N2O2. The summed E-state index contributed by atoms with van der Waals surface area (Å²) < 4.78 is 5.80. The molecule has 0 aliphatic heterocycles. The zero-order chi connectivity index (χ0) is 23.5. The Morgan fingerprint density at radius 1 is 0.788 bits per heavy atom. The fraction of sp³-hybridized carbons (Fsp3) is 0.276. The Labute approximate surface area is 197 Å². The SMILES string of the molecule is CCCCCCCCc1ccc(C(=O)/C=C/c2ccc(Oc3cc(N)cc(N)c3)cc2)cc1. The minimum Gasteiger partial charge on any atom is -0.457 e. The number of rotatable bonds is 12. The molecule has 0 radical (unpaired) electrons. The summed E-state index contributed by atoms with van der Waals surface area (Å²) in [6.07, 6.45) is 12.3. The van der Waals surface area contributed by atoms with Gasteiger partial charge < -0.3 is 16.2 Å². The molecule has 0 saturated carbocycles. The average Bonchev–Trinajstić information content (AvgIpc) is 2.80. The second kappa shape index (κ2) is 12.5. The summed E-state index contributed by atoms with van der Waals surface area (Å²) >= 11 is 0. The smallest absolute Gasteiger partial charge is 0.185 e. The minimum atomic E-state index is -0.00308. The predicted molar refractivity (Wildman–Crippen MR) is 139 cm³/mol. The third-order valence-electron chi connectivity index (χ3n) is 5.55. The highest BCUT2D eigenvalue weighted by Gasteiger charge is 2.03. The lowest BCUT2D eigenvalue weighted by Crippen LogP contribution is -1.95. The Balaban J connectivity index is 1.49. The van der Waals surface area contributed by atoms with Crippen molar-refractivity contribution in [2.24, 2.45) is 0 Å². The molecule has 0 amide bonds. The fourth-order valence-electron chi connectivity index (χ4n) is 3.70. The van der Waals surface area contributed by atoms with E-state index in [4.69, 9.17) is 16.2 Å². The van der Waals surface area contributed by atoms with Gasteiger partial charge in [-0.15, -0.1) is 0 Å². The summed E-state index contributed by atoms with van der Waals surface area (Å²) in [7, 11) is 0. The quantitative estimate of drug-likeness (QED) is 0.132. The van der Waals surface area contributed by atoms with Crippen LogP contribution >= 0.6 is 0 Å². The van der Waals surface area contributed by atoms with E-state index in [0.717, 1.165) is 12.0 Å². The number of unbranched alkanes of at least 4 members (excludes halogenated alkanes) is 5. The Kier molecular flexibility index (Phi) is 9.13. The van der Waals surface area contributed by atoms with Crippen LogP contribution in [0.15, 0.2) is 72.8 Å². The van der Waals surface area contributed by atoms with Crippen molar-refractivity contribution in [3.63, 3.8) is 0 Å². The Bertz CT molecular complexity index is 1030. The summed E-state index contributed by atoms with van der Waals surface area (Å²) in [5.41, 5.74) is 15.6. The number of anilines is 2. The average molecular weight is 443 g/mol. The van der Waals surface area contributed by atoms with Gasteiger partial charge in [0.2, 0.25) is 0 Å². The third-order valence-corrected chi connectivity index (χ3v) is 5.55. The lowest BCUT2D eigenvalue weighted by atomic mass is 10.0. The van der Waals surface area contributed by atoms with Crippen LogP contribution in [0.1, 0.15) is 66.9 Å². The van der Waals surface area contributed by atoms with Crippen LogP contribution in [-0.2, 0) is 6.42 Å². The van der Waals surface area contributed by atoms with E-state index < -0.39 is 0 Å². The zero-order valence-electron chi connectivity index (χ0n) is 19.4. The molecule has 3 aromatic carbocycles. The minimum absolute atomic E-state index is 0.00308. The van der Waals surface area contributed by atoms with Crippen LogP contribution in [-0.4, -0.2) is 5.78 Å². The Morgan fingerprint density at radius 2 is 1.42 bits per heavy atom. The number of nitrogens with two attached hydrogens (primary N) is 2. The van der Waals surface area contributed by atoms with Gasteiger partial charge in [-0.25, -0.2) is 0 Å². The molecule has 172 valence electrons. The standard InChI is InChI=1S/C29H34N2O2/c1-2-3-4-5-6-7-8-22-9-14-24(15-10-22)29(32)18-13-23-11-16-27(17-12-23)33-28-20-25(30)19-26(31)21-28/h9-21H,2-8,30-31H2,1H3/b18-13+. The van der Waals surface area contributed by atoms with Gasteiger partial charge >= 0.3 is 0 Å². The number of ketones is 1. The van der Waals surface area contributed by atoms with E-state index in [1.165, 1.54) is 44.1 Å². The van der Waals surface area contributed by atoms with E-state index in [1.807, 2.05) is 42.5 Å². The van der Waals surface area contributed by atoms with Gasteiger partial charge in [0.1, 0.15) is 11.5 Å². The van der Waals surface area contributed by atoms with E-state index in [0.29, 0.717) is 28.4 Å². The van der Waals surface area contributed by atoms with Crippen molar-refractivity contribution >= 4 is 23.2 Å². The van der Waals surface area contributed by atoms with Crippen LogP contribution in [0.2, 0.25) is 0 Å². The number of ether oxygens (including phenoxy) is 1. The molecule has 4 nitrogen and oxygen atoms in total. The third kappa shape index (κ3) is 8.15. The molecule has 0 aliphatic carbocycles. The molecular weight excluding hydrogens is 408 g/mol. The van der Waals surface area contributed by atoms with Gasteiger partial charge in [-0.1, -0.05) is 81.5 Å². The van der Waals surface area contributed by atoms with Gasteiger partial charge in [-0.3, -0.25) is 4.79 Å². The number of allylic oxidation sites excluding steroid dienone is 1. The van der Waals surface area contributed by atoms with Gasteiger partial charge in [0.25, 0.3) is 0 Å². The van der Waals surface area contributed by atoms with Crippen molar-refractivity contribution in [2.45, 2.75) is 51.9 Å². The number of hydrogen-bond donors (Lipinski definition) is 2. The first-order valence-electron chi connectivity index (χ1n) is 11.8. The van der Waals surface area contributed by atoms with Gasteiger partial charge in [-0.2, -0.15) is 0 Å². The summed E-state index contributed by atoms with van der Waals surface area (Å²) in [6.45, 7) is 2.24. The monoisotopic (exact) mass is 442 g/mol. The molecule has 0 spiro atoms. The van der Waals surface area contributed by atoms with Gasteiger partial charge in [-0.05, 0) is 48.2 Å². The maximum Gasteiger partial charge on any atom is 0.185 e. The molecule has 4 N–H and O–H groups in total. The van der Waals surface area contributed by atoms with Crippen molar-refractivity contribution in [1.82, 2.24) is 0 Å². The molecule has 0 aliphatic rings.